The topological polar surface area (TPSA) is 95.1 Å². The van der Waals surface area contributed by atoms with Crippen molar-refractivity contribution in [1.29, 1.82) is 0 Å². The third-order valence-corrected chi connectivity index (χ3v) is 5.42. The third kappa shape index (κ3) is 4.32. The van der Waals surface area contributed by atoms with E-state index < -0.39 is 11.9 Å². The molecule has 0 saturated heterocycles. The molecule has 0 fully saturated rings. The molecule has 1 amide bonds. The second-order valence-corrected chi connectivity index (χ2v) is 7.77. The van der Waals surface area contributed by atoms with Crippen molar-refractivity contribution < 1.29 is 9.53 Å². The van der Waals surface area contributed by atoms with Crippen molar-refractivity contribution in [3.05, 3.63) is 41.1 Å². The fraction of sp³-hybridized carbons (Fsp3) is 0.450. The van der Waals surface area contributed by atoms with Crippen LogP contribution in [-0.4, -0.2) is 33.0 Å². The number of ether oxygens (including phenoxy) is 1. The van der Waals surface area contributed by atoms with E-state index in [1.807, 2.05) is 31.2 Å². The number of fused-ring (bicyclic) bond motifs is 1. The average molecular weight is 402 g/mol. The Hall–Kier alpha value is -2.48. The van der Waals surface area contributed by atoms with E-state index in [4.69, 9.17) is 10.5 Å². The molecule has 0 saturated carbocycles. The summed E-state index contributed by atoms with van der Waals surface area (Å²) < 4.78 is 7.42. The predicted octanol–water partition coefficient (Wildman–Crippen LogP) is 3.73. The smallest absolute Gasteiger partial charge is 0.248 e. The van der Waals surface area contributed by atoms with E-state index >= 15 is 0 Å². The highest BCUT2D eigenvalue weighted by atomic mass is 32.2. The lowest BCUT2D eigenvalue weighted by Gasteiger charge is -2.27. The van der Waals surface area contributed by atoms with E-state index in [0.29, 0.717) is 29.0 Å². The SMILES string of the molecule is CCCCSc1nc2n(n1)[C@@H](c1ccc(OCCC)cc1)C(C(N)=O)=C(C)N2. The number of carbonyl (C=O) groups is 1. The summed E-state index contributed by atoms with van der Waals surface area (Å²) >= 11 is 1.62. The van der Waals surface area contributed by atoms with Gasteiger partial charge in [-0.15, -0.1) is 5.10 Å². The Morgan fingerprint density at radius 2 is 2.04 bits per heavy atom. The first-order valence-electron chi connectivity index (χ1n) is 9.64. The molecule has 0 radical (unpaired) electrons. The van der Waals surface area contributed by atoms with Gasteiger partial charge in [0.1, 0.15) is 11.8 Å². The first kappa shape index (κ1) is 20.3. The highest BCUT2D eigenvalue weighted by Gasteiger charge is 2.33. The second-order valence-electron chi connectivity index (χ2n) is 6.71. The van der Waals surface area contributed by atoms with Gasteiger partial charge in [0.15, 0.2) is 0 Å². The number of hydrogen-bond donors (Lipinski definition) is 2. The van der Waals surface area contributed by atoms with Crippen LogP contribution in [0.25, 0.3) is 0 Å². The number of allylic oxidation sites excluding steroid dienone is 1. The largest absolute Gasteiger partial charge is 0.494 e. The maximum absolute atomic E-state index is 12.2. The van der Waals surface area contributed by atoms with Crippen LogP contribution in [-0.2, 0) is 4.79 Å². The van der Waals surface area contributed by atoms with Gasteiger partial charge in [-0.2, -0.15) is 4.98 Å². The van der Waals surface area contributed by atoms with Gasteiger partial charge in [-0.05, 0) is 37.5 Å². The van der Waals surface area contributed by atoms with E-state index in [-0.39, 0.29) is 0 Å². The van der Waals surface area contributed by atoms with E-state index in [0.717, 1.165) is 36.3 Å². The number of rotatable bonds is 9. The lowest BCUT2D eigenvalue weighted by molar-refractivity contribution is -0.115. The van der Waals surface area contributed by atoms with Crippen molar-refractivity contribution >= 4 is 23.6 Å². The van der Waals surface area contributed by atoms with E-state index in [2.05, 4.69) is 29.2 Å². The van der Waals surface area contributed by atoms with Crippen molar-refractivity contribution in [3.63, 3.8) is 0 Å². The number of hydrogen-bond acceptors (Lipinski definition) is 6. The molecular formula is C20H27N5O2S. The van der Waals surface area contributed by atoms with Crippen molar-refractivity contribution in [1.82, 2.24) is 14.8 Å². The number of carbonyl (C=O) groups excluding carboxylic acids is 1. The highest BCUT2D eigenvalue weighted by molar-refractivity contribution is 7.99. The van der Waals surface area contributed by atoms with E-state index in [9.17, 15) is 4.79 Å². The van der Waals surface area contributed by atoms with Crippen molar-refractivity contribution in [2.75, 3.05) is 17.7 Å². The Morgan fingerprint density at radius 1 is 1.29 bits per heavy atom. The Labute approximate surface area is 169 Å². The van der Waals surface area contributed by atoms with Gasteiger partial charge in [-0.3, -0.25) is 4.79 Å². The van der Waals surface area contributed by atoms with Gasteiger partial charge >= 0.3 is 0 Å². The summed E-state index contributed by atoms with van der Waals surface area (Å²) in [6, 6.07) is 7.31. The summed E-state index contributed by atoms with van der Waals surface area (Å²) in [6.45, 7) is 6.74. The number of aromatic nitrogens is 3. The molecule has 3 N–H and O–H groups in total. The molecule has 1 aliphatic rings. The fourth-order valence-electron chi connectivity index (χ4n) is 3.09. The zero-order valence-corrected chi connectivity index (χ0v) is 17.4. The molecule has 1 aromatic carbocycles. The van der Waals surface area contributed by atoms with Crippen LogP contribution in [0.15, 0.2) is 40.7 Å². The molecule has 3 rings (SSSR count). The van der Waals surface area contributed by atoms with Crippen LogP contribution in [0.4, 0.5) is 5.95 Å². The normalized spacial score (nSPS) is 15.9. The molecular weight excluding hydrogens is 374 g/mol. The Morgan fingerprint density at radius 3 is 2.68 bits per heavy atom. The van der Waals surface area contributed by atoms with Crippen LogP contribution < -0.4 is 15.8 Å². The molecule has 1 aromatic heterocycles. The summed E-state index contributed by atoms with van der Waals surface area (Å²) in [5, 5.41) is 8.52. The van der Waals surface area contributed by atoms with Crippen LogP contribution >= 0.6 is 11.8 Å². The van der Waals surface area contributed by atoms with Crippen LogP contribution in [0.5, 0.6) is 5.75 Å². The molecule has 0 bridgehead atoms. The van der Waals surface area contributed by atoms with Gasteiger partial charge in [0.25, 0.3) is 0 Å². The van der Waals surface area contributed by atoms with E-state index in [1.54, 1.807) is 16.4 Å². The van der Waals surface area contributed by atoms with Crippen molar-refractivity contribution in [2.45, 2.75) is 51.2 Å². The number of thioether (sulfide) groups is 1. The molecule has 1 aliphatic heterocycles. The number of anilines is 1. The minimum absolute atomic E-state index is 0.415. The van der Waals surface area contributed by atoms with Gasteiger partial charge in [0.2, 0.25) is 17.0 Å². The number of unbranched alkanes of at least 4 members (excludes halogenated alkanes) is 1. The van der Waals surface area contributed by atoms with Gasteiger partial charge in [0.05, 0.1) is 12.2 Å². The number of benzene rings is 1. The molecule has 28 heavy (non-hydrogen) atoms. The van der Waals surface area contributed by atoms with Crippen LogP contribution in [0.1, 0.15) is 51.6 Å². The standard InChI is InChI=1S/C20H27N5O2S/c1-4-6-12-28-20-23-19-22-13(3)16(18(21)26)17(25(19)24-20)14-7-9-15(10-8-14)27-11-5-2/h7-10,17H,4-6,11-12H2,1-3H3,(H2,21,26)(H,22,23,24)/t17-/m0/s1. The minimum atomic E-state index is -0.470. The minimum Gasteiger partial charge on any atom is -0.494 e. The second kappa shape index (κ2) is 9.14. The number of primary amides is 1. The first-order valence-corrected chi connectivity index (χ1v) is 10.6. The molecule has 8 heteroatoms. The van der Waals surface area contributed by atoms with Crippen LogP contribution in [0, 0.1) is 0 Å². The predicted molar refractivity (Wildman–Crippen MR) is 112 cm³/mol. The maximum atomic E-state index is 12.2. The monoisotopic (exact) mass is 401 g/mol. The van der Waals surface area contributed by atoms with Gasteiger partial charge in [-0.1, -0.05) is 44.2 Å². The molecule has 0 spiro atoms. The molecule has 150 valence electrons. The Balaban J connectivity index is 1.95. The molecule has 2 aromatic rings. The molecule has 0 unspecified atom stereocenters. The van der Waals surface area contributed by atoms with Crippen molar-refractivity contribution in [3.8, 4) is 5.75 Å². The van der Waals surface area contributed by atoms with E-state index in [1.165, 1.54) is 0 Å². The Bertz CT molecular complexity index is 860. The highest BCUT2D eigenvalue weighted by Crippen LogP contribution is 2.36. The summed E-state index contributed by atoms with van der Waals surface area (Å²) in [7, 11) is 0. The lowest BCUT2D eigenvalue weighted by Crippen LogP contribution is -2.31. The van der Waals surface area contributed by atoms with Gasteiger partial charge in [0, 0.05) is 11.4 Å². The summed E-state index contributed by atoms with van der Waals surface area (Å²) in [5.74, 6) is 1.92. The van der Waals surface area contributed by atoms with Crippen molar-refractivity contribution in [2.24, 2.45) is 5.73 Å². The summed E-state index contributed by atoms with van der Waals surface area (Å²) in [6.07, 6.45) is 3.18. The molecule has 1 atom stereocenters. The summed E-state index contributed by atoms with van der Waals surface area (Å²) in [4.78, 5) is 16.8. The number of amides is 1. The quantitative estimate of drug-likeness (QED) is 0.491. The average Bonchev–Trinajstić information content (AvgIpc) is 3.08. The third-order valence-electron chi connectivity index (χ3n) is 4.50. The zero-order valence-electron chi connectivity index (χ0n) is 16.6. The summed E-state index contributed by atoms with van der Waals surface area (Å²) in [5.41, 5.74) is 7.82. The lowest BCUT2D eigenvalue weighted by atomic mass is 9.95. The number of nitrogens with zero attached hydrogens (tertiary/aromatic N) is 3. The van der Waals surface area contributed by atoms with Crippen LogP contribution in [0.3, 0.4) is 0 Å². The first-order chi connectivity index (χ1) is 13.5. The molecule has 2 heterocycles. The molecule has 0 aliphatic carbocycles. The molecule has 7 nitrogen and oxygen atoms in total. The zero-order chi connectivity index (χ0) is 20.1. The van der Waals surface area contributed by atoms with Crippen LogP contribution in [0.2, 0.25) is 0 Å². The maximum Gasteiger partial charge on any atom is 0.248 e. The van der Waals surface area contributed by atoms with Gasteiger partial charge < -0.3 is 15.8 Å². The number of nitrogens with two attached hydrogens (primary N) is 1. The number of nitrogens with one attached hydrogen (secondary N) is 1. The fourth-order valence-corrected chi connectivity index (χ4v) is 4.01. The Kier molecular flexibility index (Phi) is 6.61. The van der Waals surface area contributed by atoms with Gasteiger partial charge in [-0.25, -0.2) is 4.68 Å².